The molecule has 0 radical (unpaired) electrons. The molecular weight excluding hydrogens is 386 g/mol. The molecule has 156 valence electrons. The Morgan fingerprint density at radius 2 is 1.84 bits per heavy atom. The van der Waals surface area contributed by atoms with Gasteiger partial charge in [0.05, 0.1) is 31.1 Å². The van der Waals surface area contributed by atoms with E-state index in [4.69, 9.17) is 14.8 Å². The highest BCUT2D eigenvalue weighted by atomic mass is 16.5. The first-order chi connectivity index (χ1) is 15.3. The molecule has 31 heavy (non-hydrogen) atoms. The molecule has 1 aliphatic heterocycles. The van der Waals surface area contributed by atoms with Gasteiger partial charge in [0, 0.05) is 37.0 Å². The predicted molar refractivity (Wildman–Crippen MR) is 124 cm³/mol. The number of aryl methyl sites for hydroxylation is 1. The number of benzene rings is 2. The van der Waals surface area contributed by atoms with Crippen molar-refractivity contribution in [2.75, 3.05) is 31.2 Å². The Morgan fingerprint density at radius 1 is 1.00 bits per heavy atom. The van der Waals surface area contributed by atoms with Gasteiger partial charge in [-0.3, -0.25) is 4.99 Å². The van der Waals surface area contributed by atoms with Gasteiger partial charge < -0.3 is 9.64 Å². The number of rotatable bonds is 5. The molecule has 0 saturated carbocycles. The van der Waals surface area contributed by atoms with E-state index in [1.807, 2.05) is 35.0 Å². The Kier molecular flexibility index (Phi) is 5.46. The first kappa shape index (κ1) is 19.5. The van der Waals surface area contributed by atoms with Gasteiger partial charge in [-0.2, -0.15) is 9.61 Å². The molecule has 0 N–H and O–H groups in total. The molecular formula is C25H25N5O. The summed E-state index contributed by atoms with van der Waals surface area (Å²) in [6.07, 6.45) is 1.92. The molecule has 0 unspecified atom stereocenters. The zero-order valence-electron chi connectivity index (χ0n) is 17.6. The van der Waals surface area contributed by atoms with E-state index in [-0.39, 0.29) is 0 Å². The summed E-state index contributed by atoms with van der Waals surface area (Å²) < 4.78 is 7.50. The van der Waals surface area contributed by atoms with E-state index in [0.717, 1.165) is 60.3 Å². The Labute approximate surface area is 181 Å². The zero-order valence-corrected chi connectivity index (χ0v) is 17.6. The minimum atomic E-state index is 0.521. The number of hydrogen-bond donors (Lipinski definition) is 0. The zero-order chi connectivity index (χ0) is 21.0. The average molecular weight is 412 g/mol. The fourth-order valence-corrected chi connectivity index (χ4v) is 3.85. The minimum absolute atomic E-state index is 0.521. The van der Waals surface area contributed by atoms with Gasteiger partial charge in [-0.1, -0.05) is 60.2 Å². The molecule has 3 heterocycles. The van der Waals surface area contributed by atoms with Crippen LogP contribution in [0.1, 0.15) is 16.8 Å². The highest BCUT2D eigenvalue weighted by Gasteiger charge is 2.18. The number of aliphatic imine (C=N–C) groups is 1. The second kappa shape index (κ2) is 8.70. The van der Waals surface area contributed by atoms with Crippen LogP contribution in [0.25, 0.3) is 16.9 Å². The molecule has 1 saturated heterocycles. The number of morpholine rings is 1. The van der Waals surface area contributed by atoms with Crippen molar-refractivity contribution in [3.05, 3.63) is 83.6 Å². The Bertz CT molecular complexity index is 1210. The van der Waals surface area contributed by atoms with Crippen LogP contribution >= 0.6 is 0 Å². The molecule has 0 bridgehead atoms. The van der Waals surface area contributed by atoms with E-state index in [2.05, 4.69) is 59.3 Å². The quantitative estimate of drug-likeness (QED) is 0.463. The van der Waals surface area contributed by atoms with Crippen molar-refractivity contribution in [1.82, 2.24) is 14.6 Å². The number of ether oxygens (including phenoxy) is 1. The SMILES string of the molecule is Cc1cccc(C=NCc2cc(N3CCOCC3)n3nc(-c4ccccc4)cc3n2)c1. The number of hydrogen-bond acceptors (Lipinski definition) is 5. The molecule has 1 fully saturated rings. The summed E-state index contributed by atoms with van der Waals surface area (Å²) in [6.45, 7) is 5.73. The van der Waals surface area contributed by atoms with Crippen molar-refractivity contribution in [3.8, 4) is 11.3 Å². The molecule has 5 rings (SSSR count). The summed E-state index contributed by atoms with van der Waals surface area (Å²) in [4.78, 5) is 11.8. The van der Waals surface area contributed by atoms with Crippen molar-refractivity contribution in [2.24, 2.45) is 4.99 Å². The van der Waals surface area contributed by atoms with Crippen LogP contribution in [0.5, 0.6) is 0 Å². The largest absolute Gasteiger partial charge is 0.378 e. The first-order valence-electron chi connectivity index (χ1n) is 10.6. The highest BCUT2D eigenvalue weighted by Crippen LogP contribution is 2.24. The lowest BCUT2D eigenvalue weighted by Crippen LogP contribution is -2.37. The van der Waals surface area contributed by atoms with E-state index < -0.39 is 0 Å². The van der Waals surface area contributed by atoms with Crippen LogP contribution in [-0.4, -0.2) is 47.1 Å². The summed E-state index contributed by atoms with van der Waals surface area (Å²) in [5.74, 6) is 1.04. The van der Waals surface area contributed by atoms with Crippen molar-refractivity contribution in [1.29, 1.82) is 0 Å². The second-order valence-corrected chi connectivity index (χ2v) is 7.75. The maximum absolute atomic E-state index is 5.55. The van der Waals surface area contributed by atoms with Gasteiger partial charge in [-0.05, 0) is 12.5 Å². The van der Waals surface area contributed by atoms with E-state index in [1.54, 1.807) is 0 Å². The summed E-state index contributed by atoms with van der Waals surface area (Å²) >= 11 is 0. The van der Waals surface area contributed by atoms with Crippen molar-refractivity contribution in [3.63, 3.8) is 0 Å². The van der Waals surface area contributed by atoms with Gasteiger partial charge in [-0.15, -0.1) is 0 Å². The van der Waals surface area contributed by atoms with Crippen LogP contribution in [0.2, 0.25) is 0 Å². The summed E-state index contributed by atoms with van der Waals surface area (Å²) in [6, 6.07) is 22.7. The monoisotopic (exact) mass is 411 g/mol. The lowest BCUT2D eigenvalue weighted by atomic mass is 10.1. The van der Waals surface area contributed by atoms with Crippen molar-refractivity contribution >= 4 is 17.7 Å². The molecule has 2 aromatic carbocycles. The van der Waals surface area contributed by atoms with Gasteiger partial charge in [0.15, 0.2) is 5.65 Å². The Hall–Kier alpha value is -3.51. The van der Waals surface area contributed by atoms with E-state index >= 15 is 0 Å². The van der Waals surface area contributed by atoms with E-state index in [1.165, 1.54) is 5.56 Å². The fourth-order valence-electron chi connectivity index (χ4n) is 3.85. The fraction of sp³-hybridized carbons (Fsp3) is 0.240. The molecule has 0 atom stereocenters. The topological polar surface area (TPSA) is 55.0 Å². The highest BCUT2D eigenvalue weighted by molar-refractivity contribution is 5.79. The maximum atomic E-state index is 5.55. The average Bonchev–Trinajstić information content (AvgIpc) is 3.24. The van der Waals surface area contributed by atoms with Crippen molar-refractivity contribution < 1.29 is 4.74 Å². The first-order valence-corrected chi connectivity index (χ1v) is 10.6. The van der Waals surface area contributed by atoms with E-state index in [9.17, 15) is 0 Å². The second-order valence-electron chi connectivity index (χ2n) is 7.75. The number of nitrogens with zero attached hydrogens (tertiary/aromatic N) is 5. The number of anilines is 1. The van der Waals surface area contributed by atoms with Gasteiger partial charge in [0.25, 0.3) is 0 Å². The van der Waals surface area contributed by atoms with Gasteiger partial charge in [0.2, 0.25) is 0 Å². The van der Waals surface area contributed by atoms with Crippen LogP contribution < -0.4 is 4.90 Å². The predicted octanol–water partition coefficient (Wildman–Crippen LogP) is 4.16. The molecule has 0 aliphatic carbocycles. The van der Waals surface area contributed by atoms with E-state index in [0.29, 0.717) is 6.54 Å². The normalized spacial score (nSPS) is 14.5. The molecule has 1 aliphatic rings. The van der Waals surface area contributed by atoms with Crippen LogP contribution in [0, 0.1) is 6.92 Å². The Balaban J connectivity index is 1.50. The Morgan fingerprint density at radius 3 is 2.65 bits per heavy atom. The van der Waals surface area contributed by atoms with Gasteiger partial charge >= 0.3 is 0 Å². The standard InChI is InChI=1S/C25H25N5O/c1-19-6-5-7-20(14-19)17-26-18-22-15-25(29-10-12-31-13-11-29)30-24(27-22)16-23(28-30)21-8-3-2-4-9-21/h2-9,14-17H,10-13,18H2,1H3. The maximum Gasteiger partial charge on any atom is 0.158 e. The number of aromatic nitrogens is 3. The molecule has 6 nitrogen and oxygen atoms in total. The lowest BCUT2D eigenvalue weighted by Gasteiger charge is -2.29. The molecule has 6 heteroatoms. The summed E-state index contributed by atoms with van der Waals surface area (Å²) in [7, 11) is 0. The third-order valence-corrected chi connectivity index (χ3v) is 5.40. The minimum Gasteiger partial charge on any atom is -0.378 e. The van der Waals surface area contributed by atoms with Crippen LogP contribution in [0.4, 0.5) is 5.82 Å². The molecule has 4 aromatic rings. The van der Waals surface area contributed by atoms with Crippen LogP contribution in [0.3, 0.4) is 0 Å². The van der Waals surface area contributed by atoms with Crippen LogP contribution in [-0.2, 0) is 11.3 Å². The third-order valence-electron chi connectivity index (χ3n) is 5.40. The summed E-state index contributed by atoms with van der Waals surface area (Å²) in [5.41, 5.74) is 6.10. The smallest absolute Gasteiger partial charge is 0.158 e. The summed E-state index contributed by atoms with van der Waals surface area (Å²) in [5, 5.41) is 4.87. The molecule has 0 amide bonds. The molecule has 0 spiro atoms. The molecule has 2 aromatic heterocycles. The third kappa shape index (κ3) is 4.34. The lowest BCUT2D eigenvalue weighted by molar-refractivity contribution is 0.122. The van der Waals surface area contributed by atoms with Crippen molar-refractivity contribution in [2.45, 2.75) is 13.5 Å². The van der Waals surface area contributed by atoms with Crippen LogP contribution in [0.15, 0.2) is 71.7 Å². The van der Waals surface area contributed by atoms with Gasteiger partial charge in [0.1, 0.15) is 5.82 Å². The van der Waals surface area contributed by atoms with Gasteiger partial charge in [-0.25, -0.2) is 4.98 Å². The number of fused-ring (bicyclic) bond motifs is 1.